The molecule has 1 aromatic carbocycles. The quantitative estimate of drug-likeness (QED) is 0.632. The smallest absolute Gasteiger partial charge is 0.326 e. The minimum atomic E-state index is -0.204. The summed E-state index contributed by atoms with van der Waals surface area (Å²) in [4.78, 5) is 33.8. The molecule has 0 spiro atoms. The third-order valence-electron chi connectivity index (χ3n) is 4.82. The van der Waals surface area contributed by atoms with Gasteiger partial charge in [-0.05, 0) is 24.6 Å². The highest BCUT2D eigenvalue weighted by Gasteiger charge is 2.32. The summed E-state index contributed by atoms with van der Waals surface area (Å²) in [6.07, 6.45) is 3.56. The average molecular weight is 445 g/mol. The van der Waals surface area contributed by atoms with Crippen LogP contribution in [0.1, 0.15) is 26.5 Å². The van der Waals surface area contributed by atoms with Gasteiger partial charge in [-0.3, -0.25) is 14.4 Å². The van der Waals surface area contributed by atoms with Gasteiger partial charge in [0, 0.05) is 50.0 Å². The van der Waals surface area contributed by atoms with Gasteiger partial charge < -0.3 is 10.2 Å². The molecule has 3 amide bonds. The van der Waals surface area contributed by atoms with E-state index in [1.165, 1.54) is 11.3 Å². The van der Waals surface area contributed by atoms with E-state index in [1.807, 2.05) is 37.5 Å². The van der Waals surface area contributed by atoms with Crippen molar-refractivity contribution in [2.45, 2.75) is 20.0 Å². The number of carbonyl (C=O) groups is 2. The van der Waals surface area contributed by atoms with Gasteiger partial charge in [0.15, 0.2) is 5.13 Å². The number of anilines is 1. The van der Waals surface area contributed by atoms with Crippen LogP contribution in [0.3, 0.4) is 0 Å². The van der Waals surface area contributed by atoms with E-state index in [9.17, 15) is 9.59 Å². The lowest BCUT2D eigenvalue weighted by Crippen LogP contribution is -2.31. The maximum absolute atomic E-state index is 12.9. The van der Waals surface area contributed by atoms with Gasteiger partial charge in [0.2, 0.25) is 0 Å². The van der Waals surface area contributed by atoms with Gasteiger partial charge in [-0.25, -0.2) is 9.78 Å². The first kappa shape index (κ1) is 20.4. The molecule has 8 nitrogen and oxygen atoms in total. The van der Waals surface area contributed by atoms with Crippen LogP contribution in [0.25, 0.3) is 0 Å². The van der Waals surface area contributed by atoms with Gasteiger partial charge in [-0.2, -0.15) is 5.10 Å². The number of nitrogens with one attached hydrogen (secondary N) is 1. The zero-order valence-electron chi connectivity index (χ0n) is 16.6. The summed E-state index contributed by atoms with van der Waals surface area (Å²) in [6, 6.07) is 7.35. The second kappa shape index (κ2) is 8.45. The summed E-state index contributed by atoms with van der Waals surface area (Å²) in [7, 11) is 1.83. The molecular formula is C20H21ClN6O2S. The minimum absolute atomic E-state index is 0.110. The fourth-order valence-electron chi connectivity index (χ4n) is 3.25. The lowest BCUT2D eigenvalue weighted by molar-refractivity contribution is 0.0954. The first-order chi connectivity index (χ1) is 14.4. The predicted octanol–water partition coefficient (Wildman–Crippen LogP) is 3.21. The van der Waals surface area contributed by atoms with E-state index in [0.717, 1.165) is 11.1 Å². The fraction of sp³-hybridized carbons (Fsp3) is 0.300. The maximum atomic E-state index is 12.9. The number of carbonyl (C=O) groups excluding carboxylic acids is 2. The van der Waals surface area contributed by atoms with E-state index < -0.39 is 0 Å². The maximum Gasteiger partial charge on any atom is 0.326 e. The molecule has 0 radical (unpaired) electrons. The number of urea groups is 1. The summed E-state index contributed by atoms with van der Waals surface area (Å²) < 4.78 is 1.69. The highest BCUT2D eigenvalue weighted by molar-refractivity contribution is 7.17. The molecule has 30 heavy (non-hydrogen) atoms. The number of hydrogen-bond donors (Lipinski definition) is 1. The number of aryl methyl sites for hydroxylation is 2. The second-order valence-electron chi connectivity index (χ2n) is 7.10. The molecule has 0 atom stereocenters. The van der Waals surface area contributed by atoms with E-state index in [4.69, 9.17) is 11.6 Å². The Morgan fingerprint density at radius 2 is 2.00 bits per heavy atom. The van der Waals surface area contributed by atoms with Crippen molar-refractivity contribution >= 4 is 40.0 Å². The highest BCUT2D eigenvalue weighted by Crippen LogP contribution is 2.29. The highest BCUT2D eigenvalue weighted by atomic mass is 35.5. The number of rotatable bonds is 6. The summed E-state index contributed by atoms with van der Waals surface area (Å²) in [5.74, 6) is -0.204. The number of thiazole rings is 1. The van der Waals surface area contributed by atoms with Crippen LogP contribution in [0.2, 0.25) is 5.02 Å². The molecule has 0 saturated carbocycles. The lowest BCUT2D eigenvalue weighted by Gasteiger charge is -2.17. The molecule has 156 valence electrons. The molecule has 1 N–H and O–H groups in total. The van der Waals surface area contributed by atoms with Gasteiger partial charge in [0.05, 0.1) is 11.9 Å². The summed E-state index contributed by atoms with van der Waals surface area (Å²) in [5.41, 5.74) is 2.55. The zero-order valence-corrected chi connectivity index (χ0v) is 18.2. The van der Waals surface area contributed by atoms with Crippen molar-refractivity contribution in [2.24, 2.45) is 7.05 Å². The van der Waals surface area contributed by atoms with Crippen molar-refractivity contribution in [2.75, 3.05) is 18.0 Å². The van der Waals surface area contributed by atoms with Gasteiger partial charge in [0.25, 0.3) is 5.91 Å². The molecule has 1 aliphatic heterocycles. The number of amides is 3. The Morgan fingerprint density at radius 3 is 2.70 bits per heavy atom. The van der Waals surface area contributed by atoms with Gasteiger partial charge >= 0.3 is 6.03 Å². The first-order valence-corrected chi connectivity index (χ1v) is 10.6. The molecule has 4 rings (SSSR count). The Bertz CT molecular complexity index is 1080. The number of aromatic nitrogens is 3. The molecule has 0 bridgehead atoms. The van der Waals surface area contributed by atoms with E-state index in [-0.39, 0.29) is 11.9 Å². The van der Waals surface area contributed by atoms with Crippen LogP contribution >= 0.6 is 22.9 Å². The van der Waals surface area contributed by atoms with Crippen molar-refractivity contribution in [1.82, 2.24) is 25.0 Å². The van der Waals surface area contributed by atoms with Gasteiger partial charge in [-0.1, -0.05) is 35.1 Å². The third-order valence-corrected chi connectivity index (χ3v) is 6.25. The van der Waals surface area contributed by atoms with Crippen LogP contribution in [0, 0.1) is 6.92 Å². The van der Waals surface area contributed by atoms with Crippen molar-refractivity contribution in [1.29, 1.82) is 0 Å². The Hall–Kier alpha value is -2.91. The normalized spacial score (nSPS) is 13.9. The van der Waals surface area contributed by atoms with Crippen LogP contribution in [0.4, 0.5) is 9.93 Å². The van der Waals surface area contributed by atoms with E-state index in [0.29, 0.717) is 46.9 Å². The van der Waals surface area contributed by atoms with E-state index in [1.54, 1.807) is 27.6 Å². The van der Waals surface area contributed by atoms with Crippen LogP contribution in [0.5, 0.6) is 0 Å². The summed E-state index contributed by atoms with van der Waals surface area (Å²) in [6.45, 7) is 3.82. The monoisotopic (exact) mass is 444 g/mol. The Labute approximate surface area is 183 Å². The fourth-order valence-corrected chi connectivity index (χ4v) is 4.38. The van der Waals surface area contributed by atoms with Crippen LogP contribution < -0.4 is 10.2 Å². The molecule has 0 aliphatic carbocycles. The lowest BCUT2D eigenvalue weighted by atomic mass is 10.2. The predicted molar refractivity (Wildman–Crippen MR) is 116 cm³/mol. The Balaban J connectivity index is 1.41. The molecule has 3 aromatic rings. The standard InChI is InChI=1S/C20H21ClN6O2S/c1-13-17(18(28)22-9-15-10-23-25(2)11-15)30-19(24-13)27-8-7-26(20(27)29)12-14-3-5-16(21)6-4-14/h3-6,10-11H,7-9,12H2,1-2H3,(H,22,28). The number of hydrogen-bond acceptors (Lipinski definition) is 5. The second-order valence-corrected chi connectivity index (χ2v) is 8.51. The molecule has 3 heterocycles. The summed E-state index contributed by atoms with van der Waals surface area (Å²) >= 11 is 7.16. The van der Waals surface area contributed by atoms with Crippen molar-refractivity contribution in [3.8, 4) is 0 Å². The van der Waals surface area contributed by atoms with Crippen molar-refractivity contribution < 1.29 is 9.59 Å². The Kier molecular flexibility index (Phi) is 5.74. The van der Waals surface area contributed by atoms with Crippen molar-refractivity contribution in [3.63, 3.8) is 0 Å². The Morgan fingerprint density at radius 1 is 1.23 bits per heavy atom. The molecule has 2 aromatic heterocycles. The topological polar surface area (TPSA) is 83.4 Å². The van der Waals surface area contributed by atoms with E-state index >= 15 is 0 Å². The molecule has 1 saturated heterocycles. The molecule has 1 fully saturated rings. The molecule has 1 aliphatic rings. The van der Waals surface area contributed by atoms with Crippen LogP contribution in [-0.4, -0.2) is 44.7 Å². The molecular weight excluding hydrogens is 424 g/mol. The molecule has 10 heteroatoms. The largest absolute Gasteiger partial charge is 0.347 e. The zero-order chi connectivity index (χ0) is 21.3. The van der Waals surface area contributed by atoms with Crippen molar-refractivity contribution in [3.05, 3.63) is 63.4 Å². The molecule has 0 unspecified atom stereocenters. The third kappa shape index (κ3) is 4.31. The first-order valence-electron chi connectivity index (χ1n) is 9.45. The van der Waals surface area contributed by atoms with Gasteiger partial charge in [-0.15, -0.1) is 0 Å². The summed E-state index contributed by atoms with van der Waals surface area (Å²) in [5, 5.41) is 8.19. The van der Waals surface area contributed by atoms with Gasteiger partial charge in [0.1, 0.15) is 4.88 Å². The van der Waals surface area contributed by atoms with Crippen LogP contribution in [0.15, 0.2) is 36.7 Å². The average Bonchev–Trinajstić information content (AvgIpc) is 3.41. The number of nitrogens with zero attached hydrogens (tertiary/aromatic N) is 5. The number of halogens is 1. The van der Waals surface area contributed by atoms with E-state index in [2.05, 4.69) is 15.4 Å². The SMILES string of the molecule is Cc1nc(N2CCN(Cc3ccc(Cl)cc3)C2=O)sc1C(=O)NCc1cnn(C)c1. The minimum Gasteiger partial charge on any atom is -0.347 e. The number of benzene rings is 1. The van der Waals surface area contributed by atoms with Crippen LogP contribution in [-0.2, 0) is 20.1 Å².